The molecule has 0 unspecified atom stereocenters. The van der Waals surface area contributed by atoms with Crippen LogP contribution >= 0.6 is 0 Å². The van der Waals surface area contributed by atoms with Gasteiger partial charge < -0.3 is 10.5 Å². The normalized spacial score (nSPS) is 27.9. The molecule has 1 aliphatic heterocycles. The van der Waals surface area contributed by atoms with Crippen LogP contribution in [-0.4, -0.2) is 22.9 Å². The molecule has 14 heavy (non-hydrogen) atoms. The van der Waals surface area contributed by atoms with Crippen molar-refractivity contribution in [3.63, 3.8) is 0 Å². The highest BCUT2D eigenvalue weighted by Gasteiger charge is 2.28. The highest BCUT2D eigenvalue weighted by atomic mass is 16.5. The largest absolute Gasteiger partial charge is 0.372 e. The fourth-order valence-corrected chi connectivity index (χ4v) is 2.07. The average molecular weight is 195 g/mol. The molecule has 1 saturated heterocycles. The number of aromatic nitrogens is 2. The Morgan fingerprint density at radius 1 is 1.71 bits per heavy atom. The van der Waals surface area contributed by atoms with Crippen LogP contribution < -0.4 is 5.73 Å². The summed E-state index contributed by atoms with van der Waals surface area (Å²) in [5, 5.41) is 4.16. The standard InChI is InChI=1S/C10H17N3O/c1-13-9(4-5-12-13)10-8(7-11)3-2-6-14-10/h4-5,8,10H,2-3,6-7,11H2,1H3/t8-,10+/m0/s1. The van der Waals surface area contributed by atoms with Crippen LogP contribution in [0.5, 0.6) is 0 Å². The fraction of sp³-hybridized carbons (Fsp3) is 0.700. The summed E-state index contributed by atoms with van der Waals surface area (Å²) >= 11 is 0. The number of rotatable bonds is 2. The molecule has 0 saturated carbocycles. The quantitative estimate of drug-likeness (QED) is 0.761. The molecule has 0 spiro atoms. The lowest BCUT2D eigenvalue weighted by Gasteiger charge is -2.30. The van der Waals surface area contributed by atoms with Gasteiger partial charge in [0, 0.05) is 25.8 Å². The van der Waals surface area contributed by atoms with Gasteiger partial charge in [-0.1, -0.05) is 0 Å². The number of nitrogens with zero attached hydrogens (tertiary/aromatic N) is 2. The monoisotopic (exact) mass is 195 g/mol. The second-order valence-electron chi connectivity index (χ2n) is 3.81. The molecule has 1 aliphatic rings. The molecule has 0 bridgehead atoms. The van der Waals surface area contributed by atoms with Crippen LogP contribution in [0, 0.1) is 5.92 Å². The van der Waals surface area contributed by atoms with Gasteiger partial charge in [-0.3, -0.25) is 4.68 Å². The topological polar surface area (TPSA) is 53.1 Å². The first-order valence-corrected chi connectivity index (χ1v) is 5.12. The Morgan fingerprint density at radius 3 is 3.21 bits per heavy atom. The van der Waals surface area contributed by atoms with E-state index in [0.717, 1.165) is 25.1 Å². The van der Waals surface area contributed by atoms with Crippen molar-refractivity contribution in [3.8, 4) is 0 Å². The van der Waals surface area contributed by atoms with Crippen LogP contribution in [0.25, 0.3) is 0 Å². The van der Waals surface area contributed by atoms with E-state index in [9.17, 15) is 0 Å². The molecule has 78 valence electrons. The minimum atomic E-state index is 0.140. The SMILES string of the molecule is Cn1nccc1[C@@H]1OCCC[C@H]1CN. The Morgan fingerprint density at radius 2 is 2.57 bits per heavy atom. The predicted octanol–water partition coefficient (Wildman–Crippen LogP) is 0.847. The van der Waals surface area contributed by atoms with E-state index in [-0.39, 0.29) is 6.10 Å². The van der Waals surface area contributed by atoms with E-state index in [1.165, 1.54) is 0 Å². The van der Waals surface area contributed by atoms with Crippen LogP contribution in [-0.2, 0) is 11.8 Å². The minimum Gasteiger partial charge on any atom is -0.372 e. The van der Waals surface area contributed by atoms with Crippen molar-refractivity contribution in [2.75, 3.05) is 13.2 Å². The summed E-state index contributed by atoms with van der Waals surface area (Å²) in [4.78, 5) is 0. The molecular weight excluding hydrogens is 178 g/mol. The number of hydrogen-bond acceptors (Lipinski definition) is 3. The Kier molecular flexibility index (Phi) is 2.84. The lowest BCUT2D eigenvalue weighted by molar-refractivity contribution is -0.0296. The molecule has 1 fully saturated rings. The van der Waals surface area contributed by atoms with Gasteiger partial charge in [-0.05, 0) is 25.5 Å². The highest BCUT2D eigenvalue weighted by molar-refractivity contribution is 5.07. The van der Waals surface area contributed by atoms with Crippen molar-refractivity contribution in [2.45, 2.75) is 18.9 Å². The maximum absolute atomic E-state index is 5.77. The molecule has 2 heterocycles. The summed E-state index contributed by atoms with van der Waals surface area (Å²) in [5.41, 5.74) is 6.88. The summed E-state index contributed by atoms with van der Waals surface area (Å²) in [7, 11) is 1.95. The molecule has 4 heteroatoms. The van der Waals surface area contributed by atoms with E-state index in [1.54, 1.807) is 6.20 Å². The average Bonchev–Trinajstić information content (AvgIpc) is 2.64. The van der Waals surface area contributed by atoms with Gasteiger partial charge in [0.15, 0.2) is 0 Å². The van der Waals surface area contributed by atoms with Crippen molar-refractivity contribution in [2.24, 2.45) is 18.7 Å². The van der Waals surface area contributed by atoms with Crippen molar-refractivity contribution in [1.82, 2.24) is 9.78 Å². The molecule has 0 aromatic carbocycles. The lowest BCUT2D eigenvalue weighted by atomic mass is 9.92. The summed E-state index contributed by atoms with van der Waals surface area (Å²) in [6.07, 6.45) is 4.23. The number of ether oxygens (including phenoxy) is 1. The zero-order chi connectivity index (χ0) is 9.97. The molecule has 1 aromatic heterocycles. The molecule has 0 aliphatic carbocycles. The van der Waals surface area contributed by atoms with E-state index in [1.807, 2.05) is 17.8 Å². The fourth-order valence-electron chi connectivity index (χ4n) is 2.07. The third-order valence-corrected chi connectivity index (χ3v) is 2.90. The van der Waals surface area contributed by atoms with Gasteiger partial charge in [-0.25, -0.2) is 0 Å². The van der Waals surface area contributed by atoms with Crippen LogP contribution in [0.3, 0.4) is 0 Å². The Bertz CT molecular complexity index is 297. The summed E-state index contributed by atoms with van der Waals surface area (Å²) in [6.45, 7) is 1.53. The summed E-state index contributed by atoms with van der Waals surface area (Å²) < 4.78 is 7.64. The lowest BCUT2D eigenvalue weighted by Crippen LogP contribution is -2.29. The molecule has 1 aromatic rings. The molecule has 0 amide bonds. The Balaban J connectivity index is 2.19. The number of hydrogen-bond donors (Lipinski definition) is 1. The molecular formula is C10H17N3O. The van der Waals surface area contributed by atoms with E-state index in [0.29, 0.717) is 12.5 Å². The van der Waals surface area contributed by atoms with Crippen LogP contribution in [0.2, 0.25) is 0 Å². The first-order valence-electron chi connectivity index (χ1n) is 5.12. The Hall–Kier alpha value is -0.870. The first-order chi connectivity index (χ1) is 6.83. The van der Waals surface area contributed by atoms with Gasteiger partial charge in [0.1, 0.15) is 6.10 Å². The molecule has 2 atom stereocenters. The van der Waals surface area contributed by atoms with E-state index < -0.39 is 0 Å². The van der Waals surface area contributed by atoms with Crippen molar-refractivity contribution >= 4 is 0 Å². The number of nitrogens with two attached hydrogens (primary N) is 1. The third-order valence-electron chi connectivity index (χ3n) is 2.90. The van der Waals surface area contributed by atoms with E-state index in [4.69, 9.17) is 10.5 Å². The van der Waals surface area contributed by atoms with Gasteiger partial charge in [-0.15, -0.1) is 0 Å². The van der Waals surface area contributed by atoms with Gasteiger partial charge in [0.25, 0.3) is 0 Å². The van der Waals surface area contributed by atoms with Gasteiger partial charge >= 0.3 is 0 Å². The smallest absolute Gasteiger partial charge is 0.103 e. The van der Waals surface area contributed by atoms with Crippen molar-refractivity contribution in [1.29, 1.82) is 0 Å². The van der Waals surface area contributed by atoms with Gasteiger partial charge in [0.2, 0.25) is 0 Å². The zero-order valence-corrected chi connectivity index (χ0v) is 8.52. The minimum absolute atomic E-state index is 0.140. The molecule has 0 radical (unpaired) electrons. The Labute approximate surface area is 84.0 Å². The number of aryl methyl sites for hydroxylation is 1. The summed E-state index contributed by atoms with van der Waals surface area (Å²) in [6, 6.07) is 2.01. The van der Waals surface area contributed by atoms with Gasteiger partial charge in [0.05, 0.1) is 5.69 Å². The van der Waals surface area contributed by atoms with Crippen molar-refractivity contribution < 1.29 is 4.74 Å². The van der Waals surface area contributed by atoms with E-state index >= 15 is 0 Å². The van der Waals surface area contributed by atoms with Crippen LogP contribution in [0.4, 0.5) is 0 Å². The second kappa shape index (κ2) is 4.11. The molecule has 4 nitrogen and oxygen atoms in total. The maximum Gasteiger partial charge on any atom is 0.103 e. The zero-order valence-electron chi connectivity index (χ0n) is 8.52. The highest BCUT2D eigenvalue weighted by Crippen LogP contribution is 2.32. The second-order valence-corrected chi connectivity index (χ2v) is 3.81. The molecule has 2 rings (SSSR count). The van der Waals surface area contributed by atoms with Crippen LogP contribution in [0.15, 0.2) is 12.3 Å². The molecule has 2 N–H and O–H groups in total. The maximum atomic E-state index is 5.77. The van der Waals surface area contributed by atoms with Crippen molar-refractivity contribution in [3.05, 3.63) is 18.0 Å². The predicted molar refractivity (Wildman–Crippen MR) is 53.7 cm³/mol. The van der Waals surface area contributed by atoms with Crippen LogP contribution in [0.1, 0.15) is 24.6 Å². The summed E-state index contributed by atoms with van der Waals surface area (Å²) in [5.74, 6) is 0.444. The van der Waals surface area contributed by atoms with E-state index in [2.05, 4.69) is 5.10 Å². The first kappa shape index (κ1) is 9.68. The van der Waals surface area contributed by atoms with Gasteiger partial charge in [-0.2, -0.15) is 5.10 Å². The third kappa shape index (κ3) is 1.67.